The van der Waals surface area contributed by atoms with Gasteiger partial charge in [0.15, 0.2) is 5.82 Å². The third kappa shape index (κ3) is 2.32. The van der Waals surface area contributed by atoms with Gasteiger partial charge < -0.3 is 0 Å². The Balaban J connectivity index is 2.33. The molecule has 2 rings (SSSR count). The Kier molecular flexibility index (Phi) is 3.44. The molecule has 0 spiro atoms. The number of pyridine rings is 1. The summed E-state index contributed by atoms with van der Waals surface area (Å²) in [4.78, 5) is 3.64. The van der Waals surface area contributed by atoms with Crippen molar-refractivity contribution in [2.75, 3.05) is 7.05 Å². The van der Waals surface area contributed by atoms with E-state index in [-0.39, 0.29) is 6.04 Å². The molecule has 0 bridgehead atoms. The summed E-state index contributed by atoms with van der Waals surface area (Å²) in [6.07, 6.45) is 5.01. The normalized spacial score (nSPS) is 17.8. The van der Waals surface area contributed by atoms with Crippen LogP contribution < -0.4 is 0 Å². The molecule has 0 atom stereocenters. The molecule has 17 heavy (non-hydrogen) atoms. The van der Waals surface area contributed by atoms with E-state index in [1.807, 2.05) is 0 Å². The molecule has 1 aromatic heterocycles. The molecule has 1 saturated carbocycles. The van der Waals surface area contributed by atoms with Gasteiger partial charge in [-0.1, -0.05) is 12.8 Å². The first-order valence-corrected chi connectivity index (χ1v) is 7.06. The number of nitrogens with zero attached hydrogens (tertiary/aromatic N) is 2. The van der Waals surface area contributed by atoms with Crippen LogP contribution >= 0.6 is 0 Å². The monoisotopic (exact) mass is 258 g/mol. The second-order valence-electron chi connectivity index (χ2n) is 4.25. The average molecular weight is 258 g/mol. The highest BCUT2D eigenvalue weighted by molar-refractivity contribution is 7.89. The van der Waals surface area contributed by atoms with E-state index in [4.69, 9.17) is 0 Å². The molecule has 0 aromatic carbocycles. The summed E-state index contributed by atoms with van der Waals surface area (Å²) in [6, 6.07) is 2.47. The van der Waals surface area contributed by atoms with Crippen molar-refractivity contribution in [3.05, 3.63) is 24.1 Å². The molecular formula is C11H15FN2O2S. The molecule has 1 aliphatic carbocycles. The maximum Gasteiger partial charge on any atom is 0.263 e. The predicted molar refractivity (Wildman–Crippen MR) is 61.4 cm³/mol. The van der Waals surface area contributed by atoms with Gasteiger partial charge >= 0.3 is 0 Å². The fourth-order valence-corrected chi connectivity index (χ4v) is 3.55. The molecule has 0 aliphatic heterocycles. The van der Waals surface area contributed by atoms with Gasteiger partial charge in [-0.2, -0.15) is 4.31 Å². The van der Waals surface area contributed by atoms with Crippen molar-refractivity contribution >= 4 is 10.0 Å². The van der Waals surface area contributed by atoms with E-state index >= 15 is 0 Å². The van der Waals surface area contributed by atoms with Crippen LogP contribution in [0.2, 0.25) is 0 Å². The van der Waals surface area contributed by atoms with Crippen molar-refractivity contribution in [1.82, 2.24) is 9.29 Å². The number of hydrogen-bond donors (Lipinski definition) is 0. The van der Waals surface area contributed by atoms with Gasteiger partial charge in [0.2, 0.25) is 5.03 Å². The standard InChI is InChI=1S/C11H15FN2O2S/c1-14(9-5-2-3-6-9)17(15,16)11-10(12)7-4-8-13-11/h4,7-9H,2-3,5-6H2,1H3. The lowest BCUT2D eigenvalue weighted by Crippen LogP contribution is -2.36. The molecule has 4 nitrogen and oxygen atoms in total. The van der Waals surface area contributed by atoms with Gasteiger partial charge in [-0.3, -0.25) is 0 Å². The second kappa shape index (κ2) is 4.70. The minimum Gasteiger partial charge on any atom is -0.241 e. The lowest BCUT2D eigenvalue weighted by molar-refractivity contribution is 0.368. The molecule has 6 heteroatoms. The Morgan fingerprint density at radius 3 is 2.65 bits per heavy atom. The van der Waals surface area contributed by atoms with Gasteiger partial charge in [-0.15, -0.1) is 0 Å². The molecule has 0 N–H and O–H groups in total. The maximum atomic E-state index is 13.5. The summed E-state index contributed by atoms with van der Waals surface area (Å²) in [5.74, 6) is -0.794. The van der Waals surface area contributed by atoms with Gasteiger partial charge in [-0.25, -0.2) is 17.8 Å². The van der Waals surface area contributed by atoms with Crippen molar-refractivity contribution in [3.63, 3.8) is 0 Å². The van der Waals surface area contributed by atoms with Gasteiger partial charge in [0, 0.05) is 19.3 Å². The highest BCUT2D eigenvalue weighted by Crippen LogP contribution is 2.27. The number of sulfonamides is 1. The van der Waals surface area contributed by atoms with Crippen molar-refractivity contribution in [2.24, 2.45) is 0 Å². The third-order valence-electron chi connectivity index (χ3n) is 3.19. The first kappa shape index (κ1) is 12.4. The van der Waals surface area contributed by atoms with E-state index in [2.05, 4.69) is 4.98 Å². The highest BCUT2D eigenvalue weighted by atomic mass is 32.2. The van der Waals surface area contributed by atoms with Crippen LogP contribution in [-0.2, 0) is 10.0 Å². The summed E-state index contributed by atoms with van der Waals surface area (Å²) in [7, 11) is -2.31. The summed E-state index contributed by atoms with van der Waals surface area (Å²) in [5, 5.41) is -0.477. The molecule has 1 fully saturated rings. The van der Waals surface area contributed by atoms with Crippen LogP contribution in [0.1, 0.15) is 25.7 Å². The fourth-order valence-electron chi connectivity index (χ4n) is 2.16. The Morgan fingerprint density at radius 2 is 2.06 bits per heavy atom. The Labute approximate surface area is 101 Å². The van der Waals surface area contributed by atoms with E-state index in [0.717, 1.165) is 31.7 Å². The van der Waals surface area contributed by atoms with Crippen molar-refractivity contribution in [1.29, 1.82) is 0 Å². The first-order valence-electron chi connectivity index (χ1n) is 5.62. The second-order valence-corrected chi connectivity index (χ2v) is 6.16. The van der Waals surface area contributed by atoms with Gasteiger partial charge in [-0.05, 0) is 25.0 Å². The van der Waals surface area contributed by atoms with Crippen molar-refractivity contribution < 1.29 is 12.8 Å². The molecule has 1 aliphatic rings. The molecule has 0 unspecified atom stereocenters. The van der Waals surface area contributed by atoms with Crippen LogP contribution in [0.3, 0.4) is 0 Å². The summed E-state index contributed by atoms with van der Waals surface area (Å²) in [5.41, 5.74) is 0. The molecule has 1 aromatic rings. The van der Waals surface area contributed by atoms with Crippen LogP contribution in [0, 0.1) is 5.82 Å². The van der Waals surface area contributed by atoms with E-state index in [1.54, 1.807) is 0 Å². The van der Waals surface area contributed by atoms with Gasteiger partial charge in [0.1, 0.15) is 0 Å². The molecular weight excluding hydrogens is 243 g/mol. The topological polar surface area (TPSA) is 50.3 Å². The first-order chi connectivity index (χ1) is 8.03. The lowest BCUT2D eigenvalue weighted by Gasteiger charge is -2.23. The quantitative estimate of drug-likeness (QED) is 0.830. The van der Waals surface area contributed by atoms with Crippen LogP contribution in [0.15, 0.2) is 23.4 Å². The maximum absolute atomic E-state index is 13.5. The van der Waals surface area contributed by atoms with E-state index in [9.17, 15) is 12.8 Å². The Bertz CT molecular complexity index is 498. The molecule has 0 radical (unpaired) electrons. The minimum atomic E-state index is -3.81. The Morgan fingerprint density at radius 1 is 1.41 bits per heavy atom. The van der Waals surface area contributed by atoms with Gasteiger partial charge in [0.25, 0.3) is 10.0 Å². The molecule has 1 heterocycles. The van der Waals surface area contributed by atoms with Crippen molar-refractivity contribution in [2.45, 2.75) is 36.8 Å². The van der Waals surface area contributed by atoms with Crippen LogP contribution in [-0.4, -0.2) is 30.8 Å². The Hall–Kier alpha value is -1.01. The highest BCUT2D eigenvalue weighted by Gasteiger charge is 2.32. The lowest BCUT2D eigenvalue weighted by atomic mass is 10.3. The smallest absolute Gasteiger partial charge is 0.241 e. The third-order valence-corrected chi connectivity index (χ3v) is 5.03. The van der Waals surface area contributed by atoms with E-state index in [1.165, 1.54) is 23.6 Å². The van der Waals surface area contributed by atoms with E-state index < -0.39 is 20.9 Å². The number of aromatic nitrogens is 1. The molecule has 0 amide bonds. The predicted octanol–water partition coefficient (Wildman–Crippen LogP) is 1.78. The summed E-state index contributed by atoms with van der Waals surface area (Å²) in [6.45, 7) is 0. The fraction of sp³-hybridized carbons (Fsp3) is 0.545. The number of hydrogen-bond acceptors (Lipinski definition) is 3. The number of rotatable bonds is 3. The van der Waals surface area contributed by atoms with E-state index in [0.29, 0.717) is 0 Å². The zero-order valence-electron chi connectivity index (χ0n) is 9.63. The largest absolute Gasteiger partial charge is 0.263 e. The zero-order chi connectivity index (χ0) is 12.5. The summed E-state index contributed by atoms with van der Waals surface area (Å²) >= 11 is 0. The summed E-state index contributed by atoms with van der Waals surface area (Å²) < 4.78 is 39.0. The minimum absolute atomic E-state index is 0.0265. The number of halogens is 1. The zero-order valence-corrected chi connectivity index (χ0v) is 10.5. The van der Waals surface area contributed by atoms with Crippen LogP contribution in [0.25, 0.3) is 0 Å². The molecule has 0 saturated heterocycles. The molecule has 94 valence electrons. The van der Waals surface area contributed by atoms with Gasteiger partial charge in [0.05, 0.1) is 0 Å². The van der Waals surface area contributed by atoms with Crippen LogP contribution in [0.4, 0.5) is 4.39 Å². The SMILES string of the molecule is CN(C1CCCC1)S(=O)(=O)c1ncccc1F. The van der Waals surface area contributed by atoms with Crippen LogP contribution in [0.5, 0.6) is 0 Å². The van der Waals surface area contributed by atoms with Crippen molar-refractivity contribution in [3.8, 4) is 0 Å². The average Bonchev–Trinajstić information content (AvgIpc) is 2.81.